The molecule has 0 spiro atoms. The van der Waals surface area contributed by atoms with Crippen LogP contribution in [0.15, 0.2) is 65.3 Å². The third-order valence-electron chi connectivity index (χ3n) is 4.11. The molecule has 142 valence electrons. The zero-order valence-electron chi connectivity index (χ0n) is 14.8. The number of nitrogens with zero attached hydrogens (tertiary/aromatic N) is 2. The van der Waals surface area contributed by atoms with E-state index in [1.807, 2.05) is 30.3 Å². The van der Waals surface area contributed by atoms with E-state index in [0.29, 0.717) is 19.8 Å². The summed E-state index contributed by atoms with van der Waals surface area (Å²) in [6, 6.07) is 16.5. The van der Waals surface area contributed by atoms with Crippen molar-refractivity contribution in [2.24, 2.45) is 0 Å². The van der Waals surface area contributed by atoms with Gasteiger partial charge in [0.2, 0.25) is 0 Å². The average Bonchev–Trinajstić information content (AvgIpc) is 3.35. The Morgan fingerprint density at radius 1 is 1.11 bits per heavy atom. The maximum Gasteiger partial charge on any atom is 0.270 e. The topological polar surface area (TPSA) is 90.4 Å². The highest BCUT2D eigenvalue weighted by molar-refractivity contribution is 7.22. The van der Waals surface area contributed by atoms with Crippen LogP contribution in [-0.4, -0.2) is 9.91 Å². The maximum absolute atomic E-state index is 10.9. The molecule has 7 nitrogen and oxygen atoms in total. The van der Waals surface area contributed by atoms with Crippen molar-refractivity contribution in [3.63, 3.8) is 0 Å². The number of nitrogens with one attached hydrogen (secondary N) is 1. The van der Waals surface area contributed by atoms with Crippen molar-refractivity contribution >= 4 is 32.4 Å². The Labute approximate surface area is 164 Å². The zero-order chi connectivity index (χ0) is 19.3. The molecule has 0 amide bonds. The van der Waals surface area contributed by atoms with Crippen molar-refractivity contribution in [3.8, 4) is 0 Å². The first-order chi connectivity index (χ1) is 13.7. The van der Waals surface area contributed by atoms with Gasteiger partial charge in [0.15, 0.2) is 5.13 Å². The van der Waals surface area contributed by atoms with Crippen LogP contribution in [0.1, 0.15) is 16.9 Å². The number of aromatic nitrogens is 1. The summed E-state index contributed by atoms with van der Waals surface area (Å²) in [5.74, 6) is 0.800. The number of anilines is 1. The molecule has 4 aromatic rings. The van der Waals surface area contributed by atoms with Crippen LogP contribution in [0.3, 0.4) is 0 Å². The number of hydrogen-bond donors (Lipinski definition) is 1. The number of nitro groups is 1. The molecule has 0 radical (unpaired) electrons. The first-order valence-electron chi connectivity index (χ1n) is 8.64. The van der Waals surface area contributed by atoms with Gasteiger partial charge in [0.05, 0.1) is 28.0 Å². The number of thiazole rings is 1. The summed E-state index contributed by atoms with van der Waals surface area (Å²) >= 11 is 1.40. The lowest BCUT2D eigenvalue weighted by molar-refractivity contribution is -0.384. The van der Waals surface area contributed by atoms with Crippen LogP contribution < -0.4 is 5.32 Å². The highest BCUT2D eigenvalue weighted by atomic mass is 32.1. The largest absolute Gasteiger partial charge is 0.467 e. The number of non-ortho nitro benzene ring substituents is 1. The molecule has 2 aromatic heterocycles. The van der Waals surface area contributed by atoms with Gasteiger partial charge in [-0.25, -0.2) is 4.98 Å². The Bertz CT molecular complexity index is 1090. The van der Waals surface area contributed by atoms with Gasteiger partial charge in [0, 0.05) is 18.7 Å². The van der Waals surface area contributed by atoms with Crippen molar-refractivity contribution in [1.82, 2.24) is 4.98 Å². The van der Waals surface area contributed by atoms with Gasteiger partial charge < -0.3 is 14.5 Å². The molecule has 0 aliphatic rings. The molecule has 1 N–H and O–H groups in total. The minimum atomic E-state index is -0.397. The number of furan rings is 1. The van der Waals surface area contributed by atoms with Crippen LogP contribution in [0.2, 0.25) is 0 Å². The van der Waals surface area contributed by atoms with Crippen molar-refractivity contribution in [2.75, 3.05) is 5.32 Å². The van der Waals surface area contributed by atoms with Crippen LogP contribution in [0.5, 0.6) is 0 Å². The minimum absolute atomic E-state index is 0.0740. The van der Waals surface area contributed by atoms with Gasteiger partial charge in [-0.15, -0.1) is 0 Å². The zero-order valence-corrected chi connectivity index (χ0v) is 15.6. The van der Waals surface area contributed by atoms with Gasteiger partial charge in [-0.05, 0) is 29.3 Å². The van der Waals surface area contributed by atoms with Crippen molar-refractivity contribution < 1.29 is 14.1 Å². The summed E-state index contributed by atoms with van der Waals surface area (Å²) in [6.45, 7) is 1.54. The van der Waals surface area contributed by atoms with Gasteiger partial charge in [0.1, 0.15) is 12.4 Å². The summed E-state index contributed by atoms with van der Waals surface area (Å²) in [5.41, 5.74) is 3.00. The molecule has 0 atom stereocenters. The first kappa shape index (κ1) is 18.1. The van der Waals surface area contributed by atoms with Crippen molar-refractivity contribution in [3.05, 3.63) is 87.9 Å². The number of nitro benzene ring substituents is 1. The summed E-state index contributed by atoms with van der Waals surface area (Å²) in [4.78, 5) is 15.0. The summed E-state index contributed by atoms with van der Waals surface area (Å²) in [6.07, 6.45) is 1.63. The van der Waals surface area contributed by atoms with Crippen molar-refractivity contribution in [2.45, 2.75) is 19.8 Å². The number of rotatable bonds is 8. The molecule has 2 heterocycles. The summed E-state index contributed by atoms with van der Waals surface area (Å²) in [7, 11) is 0. The lowest BCUT2D eigenvalue weighted by Crippen LogP contribution is -2.00. The fourth-order valence-electron chi connectivity index (χ4n) is 2.77. The normalized spacial score (nSPS) is 11.0. The van der Waals surface area contributed by atoms with E-state index in [0.717, 1.165) is 32.2 Å². The van der Waals surface area contributed by atoms with Crippen LogP contribution in [0.25, 0.3) is 10.2 Å². The van der Waals surface area contributed by atoms with Gasteiger partial charge in [-0.2, -0.15) is 0 Å². The Kier molecular flexibility index (Phi) is 5.31. The predicted octanol–water partition coefficient (Wildman–Crippen LogP) is 5.13. The highest BCUT2D eigenvalue weighted by Crippen LogP contribution is 2.29. The van der Waals surface area contributed by atoms with E-state index in [1.165, 1.54) is 17.4 Å². The van der Waals surface area contributed by atoms with E-state index in [9.17, 15) is 10.1 Å². The Morgan fingerprint density at radius 2 is 2.00 bits per heavy atom. The fourth-order valence-corrected chi connectivity index (χ4v) is 3.67. The number of benzene rings is 2. The van der Waals surface area contributed by atoms with E-state index in [-0.39, 0.29) is 5.69 Å². The second-order valence-electron chi connectivity index (χ2n) is 6.17. The Hall–Kier alpha value is -3.23. The molecule has 0 unspecified atom stereocenters. The number of hydrogen-bond acceptors (Lipinski definition) is 7. The van der Waals surface area contributed by atoms with E-state index >= 15 is 0 Å². The standard InChI is InChI=1S/C20H17N3O4S/c24-23(25)16-6-7-18-19(10-16)28-20(22-18)21-11-14-3-1-4-15(9-14)12-26-13-17-5-2-8-27-17/h1-10H,11-13H2,(H,21,22). The third-order valence-corrected chi connectivity index (χ3v) is 5.09. The quantitative estimate of drug-likeness (QED) is 0.329. The van der Waals surface area contributed by atoms with Gasteiger partial charge in [-0.3, -0.25) is 10.1 Å². The Balaban J connectivity index is 1.36. The monoisotopic (exact) mass is 395 g/mol. The molecular formula is C20H17N3O4S. The van der Waals surface area contributed by atoms with E-state index in [1.54, 1.807) is 18.4 Å². The lowest BCUT2D eigenvalue weighted by atomic mass is 10.1. The molecule has 0 bridgehead atoms. The molecule has 0 aliphatic heterocycles. The average molecular weight is 395 g/mol. The molecule has 0 saturated heterocycles. The molecule has 0 aliphatic carbocycles. The molecular weight excluding hydrogens is 378 g/mol. The maximum atomic E-state index is 10.9. The Morgan fingerprint density at radius 3 is 2.82 bits per heavy atom. The van der Waals surface area contributed by atoms with Gasteiger partial charge in [0.25, 0.3) is 5.69 Å². The summed E-state index contributed by atoms with van der Waals surface area (Å²) in [5, 5.41) is 14.9. The van der Waals surface area contributed by atoms with E-state index in [2.05, 4.69) is 16.4 Å². The highest BCUT2D eigenvalue weighted by Gasteiger charge is 2.10. The lowest BCUT2D eigenvalue weighted by Gasteiger charge is -2.07. The van der Waals surface area contributed by atoms with Crippen LogP contribution in [0.4, 0.5) is 10.8 Å². The van der Waals surface area contributed by atoms with Crippen LogP contribution in [-0.2, 0) is 24.5 Å². The molecule has 0 saturated carbocycles. The number of fused-ring (bicyclic) bond motifs is 1. The number of ether oxygens (including phenoxy) is 1. The first-order valence-corrected chi connectivity index (χ1v) is 9.46. The molecule has 0 fully saturated rings. The van der Waals surface area contributed by atoms with E-state index in [4.69, 9.17) is 9.15 Å². The fraction of sp³-hybridized carbons (Fsp3) is 0.150. The van der Waals surface area contributed by atoms with E-state index < -0.39 is 4.92 Å². The third kappa shape index (κ3) is 4.36. The van der Waals surface area contributed by atoms with Crippen LogP contribution in [0, 0.1) is 10.1 Å². The molecule has 28 heavy (non-hydrogen) atoms. The molecule has 8 heteroatoms. The smallest absolute Gasteiger partial charge is 0.270 e. The molecule has 4 rings (SSSR count). The van der Waals surface area contributed by atoms with Crippen molar-refractivity contribution in [1.29, 1.82) is 0 Å². The molecule has 2 aromatic carbocycles. The van der Waals surface area contributed by atoms with Crippen LogP contribution >= 0.6 is 11.3 Å². The SMILES string of the molecule is O=[N+]([O-])c1ccc2nc(NCc3cccc(COCc4ccco4)c3)sc2c1. The minimum Gasteiger partial charge on any atom is -0.467 e. The second kappa shape index (κ2) is 8.20. The van der Waals surface area contributed by atoms with Gasteiger partial charge in [-0.1, -0.05) is 35.6 Å². The summed E-state index contributed by atoms with van der Waals surface area (Å²) < 4.78 is 11.7. The van der Waals surface area contributed by atoms with Gasteiger partial charge >= 0.3 is 0 Å². The predicted molar refractivity (Wildman–Crippen MR) is 107 cm³/mol. The second-order valence-corrected chi connectivity index (χ2v) is 7.20.